The zero-order valence-corrected chi connectivity index (χ0v) is 17.6. The van der Waals surface area contributed by atoms with Crippen LogP contribution < -0.4 is 11.1 Å². The fraction of sp³-hybridized carbons (Fsp3) is 0.579. The minimum atomic E-state index is -0.219. The number of hydrogen-bond donors (Lipinski definition) is 2. The Morgan fingerprint density at radius 1 is 1.31 bits per heavy atom. The number of ether oxygens (including phenoxy) is 1. The molecule has 6 nitrogen and oxygen atoms in total. The van der Waals surface area contributed by atoms with Gasteiger partial charge in [0, 0.05) is 25.7 Å². The number of aliphatic imine (C=N–C) groups is 1. The van der Waals surface area contributed by atoms with Crippen LogP contribution in [0.25, 0.3) is 0 Å². The fourth-order valence-electron chi connectivity index (χ4n) is 3.45. The Hall–Kier alpha value is -1.51. The van der Waals surface area contributed by atoms with Gasteiger partial charge in [-0.05, 0) is 43.6 Å². The number of nitrogens with zero attached hydrogens (tertiary/aromatic N) is 2. The number of carbonyl (C=O) groups excluding carboxylic acids is 1. The van der Waals surface area contributed by atoms with Crippen LogP contribution in [0.5, 0.6) is 0 Å². The van der Waals surface area contributed by atoms with E-state index in [1.54, 1.807) is 4.90 Å². The van der Waals surface area contributed by atoms with E-state index >= 15 is 0 Å². The number of nitrogens with two attached hydrogens (primary N) is 1. The highest BCUT2D eigenvalue weighted by Gasteiger charge is 2.37. The van der Waals surface area contributed by atoms with Crippen molar-refractivity contribution < 1.29 is 9.53 Å². The summed E-state index contributed by atoms with van der Waals surface area (Å²) in [5.74, 6) is 1.76. The van der Waals surface area contributed by atoms with Gasteiger partial charge in [-0.15, -0.1) is 24.0 Å². The van der Waals surface area contributed by atoms with E-state index in [1.165, 1.54) is 12.0 Å². The van der Waals surface area contributed by atoms with Gasteiger partial charge >= 0.3 is 6.09 Å². The van der Waals surface area contributed by atoms with E-state index in [1.807, 2.05) is 13.0 Å². The molecule has 1 saturated carbocycles. The van der Waals surface area contributed by atoms with E-state index < -0.39 is 0 Å². The van der Waals surface area contributed by atoms with Gasteiger partial charge in [-0.25, -0.2) is 4.79 Å². The van der Waals surface area contributed by atoms with Gasteiger partial charge in [-0.3, -0.25) is 4.99 Å². The van der Waals surface area contributed by atoms with Crippen molar-refractivity contribution in [2.45, 2.75) is 38.1 Å². The number of rotatable bonds is 5. The lowest BCUT2D eigenvalue weighted by Crippen LogP contribution is -2.48. The highest BCUT2D eigenvalue weighted by atomic mass is 127. The molecule has 1 saturated heterocycles. The number of guanidine groups is 1. The molecule has 0 aromatic heterocycles. The maximum atomic E-state index is 11.7. The van der Waals surface area contributed by atoms with E-state index in [2.05, 4.69) is 34.6 Å². The third-order valence-corrected chi connectivity index (χ3v) is 5.02. The van der Waals surface area contributed by atoms with E-state index in [9.17, 15) is 4.79 Å². The second-order valence-corrected chi connectivity index (χ2v) is 6.84. The largest absolute Gasteiger partial charge is 0.450 e. The topological polar surface area (TPSA) is 80.0 Å². The van der Waals surface area contributed by atoms with Crippen molar-refractivity contribution in [3.05, 3.63) is 35.9 Å². The van der Waals surface area contributed by atoms with Gasteiger partial charge < -0.3 is 20.7 Å². The molecule has 2 fully saturated rings. The molecule has 0 spiro atoms. The number of halogens is 1. The molecule has 2 atom stereocenters. The summed E-state index contributed by atoms with van der Waals surface area (Å²) >= 11 is 0. The van der Waals surface area contributed by atoms with Crippen LogP contribution in [0.2, 0.25) is 0 Å². The smallest absolute Gasteiger partial charge is 0.409 e. The molecule has 2 unspecified atom stereocenters. The molecule has 1 aromatic rings. The average molecular weight is 472 g/mol. The Bertz CT molecular complexity index is 603. The summed E-state index contributed by atoms with van der Waals surface area (Å²) < 4.78 is 5.03. The van der Waals surface area contributed by atoms with Gasteiger partial charge in [0.1, 0.15) is 0 Å². The van der Waals surface area contributed by atoms with E-state index in [0.717, 1.165) is 19.4 Å². The lowest BCUT2D eigenvalue weighted by molar-refractivity contribution is 0.0963. The Kier molecular flexibility index (Phi) is 7.99. The fourth-order valence-corrected chi connectivity index (χ4v) is 3.45. The molecule has 7 heteroatoms. The normalized spacial score (nSPS) is 23.1. The molecule has 1 aromatic carbocycles. The minimum Gasteiger partial charge on any atom is -0.450 e. The van der Waals surface area contributed by atoms with Gasteiger partial charge in [0.15, 0.2) is 5.96 Å². The van der Waals surface area contributed by atoms with Crippen molar-refractivity contribution in [3.63, 3.8) is 0 Å². The second kappa shape index (κ2) is 9.99. The van der Waals surface area contributed by atoms with Crippen LogP contribution in [0.15, 0.2) is 35.3 Å². The molecule has 26 heavy (non-hydrogen) atoms. The van der Waals surface area contributed by atoms with Crippen LogP contribution in [-0.2, 0) is 4.74 Å². The first-order chi connectivity index (χ1) is 12.2. The monoisotopic (exact) mass is 472 g/mol. The maximum absolute atomic E-state index is 11.7. The van der Waals surface area contributed by atoms with Crippen LogP contribution >= 0.6 is 24.0 Å². The zero-order valence-electron chi connectivity index (χ0n) is 15.3. The van der Waals surface area contributed by atoms with Gasteiger partial charge in [-0.2, -0.15) is 0 Å². The van der Waals surface area contributed by atoms with E-state index in [-0.39, 0.29) is 36.1 Å². The first-order valence-corrected chi connectivity index (χ1v) is 9.20. The van der Waals surface area contributed by atoms with Crippen molar-refractivity contribution in [3.8, 4) is 0 Å². The van der Waals surface area contributed by atoms with Crippen LogP contribution in [0.1, 0.15) is 37.7 Å². The SMILES string of the molecule is CCOC(=O)N1CCC(NC(N)=NCC2CC2c2ccccc2)CC1.I. The predicted octanol–water partition coefficient (Wildman–Crippen LogP) is 2.93. The summed E-state index contributed by atoms with van der Waals surface area (Å²) in [6.07, 6.45) is 2.71. The van der Waals surface area contributed by atoms with Crippen molar-refractivity contribution in [1.29, 1.82) is 0 Å². The third kappa shape index (κ3) is 5.75. The molecule has 1 aliphatic carbocycles. The minimum absolute atomic E-state index is 0. The molecular formula is C19H29IN4O2. The maximum Gasteiger partial charge on any atom is 0.409 e. The van der Waals surface area contributed by atoms with Crippen LogP contribution in [0, 0.1) is 5.92 Å². The van der Waals surface area contributed by atoms with Gasteiger partial charge in [0.2, 0.25) is 0 Å². The number of benzene rings is 1. The first kappa shape index (κ1) is 20.8. The Morgan fingerprint density at radius 3 is 2.65 bits per heavy atom. The molecule has 144 valence electrons. The van der Waals surface area contributed by atoms with E-state index in [4.69, 9.17) is 10.5 Å². The number of hydrogen-bond acceptors (Lipinski definition) is 3. The van der Waals surface area contributed by atoms with Crippen LogP contribution in [-0.4, -0.2) is 49.2 Å². The predicted molar refractivity (Wildman–Crippen MR) is 114 cm³/mol. The standard InChI is InChI=1S/C19H28N4O2.HI/c1-2-25-19(24)23-10-8-16(9-11-23)22-18(20)21-13-15-12-17(15)14-6-4-3-5-7-14;/h3-7,15-17H,2,8-13H2,1H3,(H3,20,21,22);1H. The molecular weight excluding hydrogens is 443 g/mol. The summed E-state index contributed by atoms with van der Waals surface area (Å²) in [6, 6.07) is 10.9. The molecule has 1 amide bonds. The molecule has 1 heterocycles. The van der Waals surface area contributed by atoms with E-state index in [0.29, 0.717) is 37.5 Å². The lowest BCUT2D eigenvalue weighted by atomic mass is 10.1. The van der Waals surface area contributed by atoms with Gasteiger partial charge in [-0.1, -0.05) is 30.3 Å². The van der Waals surface area contributed by atoms with Crippen molar-refractivity contribution in [2.24, 2.45) is 16.6 Å². The number of likely N-dealkylation sites (tertiary alicyclic amines) is 1. The van der Waals surface area contributed by atoms with Gasteiger partial charge in [0.25, 0.3) is 0 Å². The molecule has 3 rings (SSSR count). The Labute approximate surface area is 172 Å². The number of nitrogens with one attached hydrogen (secondary N) is 1. The second-order valence-electron chi connectivity index (χ2n) is 6.84. The number of carbonyl (C=O) groups is 1. The molecule has 1 aliphatic heterocycles. The summed E-state index contributed by atoms with van der Waals surface area (Å²) in [5.41, 5.74) is 7.44. The first-order valence-electron chi connectivity index (χ1n) is 9.20. The van der Waals surface area contributed by atoms with Crippen molar-refractivity contribution in [2.75, 3.05) is 26.2 Å². The average Bonchev–Trinajstić information content (AvgIpc) is 3.41. The number of piperidine rings is 1. The van der Waals surface area contributed by atoms with Crippen molar-refractivity contribution in [1.82, 2.24) is 10.2 Å². The third-order valence-electron chi connectivity index (χ3n) is 5.02. The Morgan fingerprint density at radius 2 is 2.00 bits per heavy atom. The molecule has 0 radical (unpaired) electrons. The quantitative estimate of drug-likeness (QED) is 0.393. The number of amides is 1. The zero-order chi connectivity index (χ0) is 17.6. The highest BCUT2D eigenvalue weighted by molar-refractivity contribution is 14.0. The molecule has 0 bridgehead atoms. The molecule has 2 aliphatic rings. The summed E-state index contributed by atoms with van der Waals surface area (Å²) in [5, 5.41) is 3.30. The van der Waals surface area contributed by atoms with Gasteiger partial charge in [0.05, 0.1) is 6.61 Å². The summed E-state index contributed by atoms with van der Waals surface area (Å²) in [6.45, 7) is 4.42. The Balaban J connectivity index is 0.00000243. The lowest BCUT2D eigenvalue weighted by Gasteiger charge is -2.31. The highest BCUT2D eigenvalue weighted by Crippen LogP contribution is 2.47. The van der Waals surface area contributed by atoms with Crippen LogP contribution in [0.4, 0.5) is 4.79 Å². The summed E-state index contributed by atoms with van der Waals surface area (Å²) in [4.78, 5) is 18.0. The van der Waals surface area contributed by atoms with Crippen molar-refractivity contribution >= 4 is 36.0 Å². The van der Waals surface area contributed by atoms with Crippen LogP contribution in [0.3, 0.4) is 0 Å². The summed E-state index contributed by atoms with van der Waals surface area (Å²) in [7, 11) is 0. The molecule has 3 N–H and O–H groups in total.